The Morgan fingerprint density at radius 3 is 2.65 bits per heavy atom. The number of fused-ring (bicyclic) bond motifs is 1. The monoisotopic (exact) mass is 279 g/mol. The molecule has 2 N–H and O–H groups in total. The first kappa shape index (κ1) is 16.1. The van der Waals surface area contributed by atoms with Crippen LogP contribution in [-0.4, -0.2) is 34.3 Å². The van der Waals surface area contributed by atoms with Gasteiger partial charge in [-0.25, -0.2) is 0 Å². The quantitative estimate of drug-likeness (QED) is 0.499. The lowest BCUT2D eigenvalue weighted by Gasteiger charge is -2.05. The third-order valence-corrected chi connectivity index (χ3v) is 2.75. The topological polar surface area (TPSA) is 80.3 Å². The lowest BCUT2D eigenvalue weighted by molar-refractivity contribution is -0.384. The van der Waals surface area contributed by atoms with Gasteiger partial charge in [0.2, 0.25) is 0 Å². The Bertz CT molecular complexity index is 552. The predicted octanol–water partition coefficient (Wildman–Crippen LogP) is 2.16. The van der Waals surface area contributed by atoms with Gasteiger partial charge in [0.15, 0.2) is 0 Å². The second-order valence-corrected chi connectivity index (χ2v) is 4.18. The van der Waals surface area contributed by atoms with E-state index in [0.717, 1.165) is 30.5 Å². The lowest BCUT2D eigenvalue weighted by atomic mass is 10.2. The number of nitro groups is 1. The van der Waals surface area contributed by atoms with Crippen molar-refractivity contribution in [1.82, 2.24) is 9.88 Å². The van der Waals surface area contributed by atoms with Crippen LogP contribution in [0, 0.1) is 10.1 Å². The molecule has 0 spiro atoms. The number of likely N-dealkylation sites (N-methyl/N-ethyl adjacent to an activating group) is 1. The van der Waals surface area contributed by atoms with E-state index in [0.29, 0.717) is 0 Å². The summed E-state index contributed by atoms with van der Waals surface area (Å²) in [6.45, 7) is 6.60. The summed E-state index contributed by atoms with van der Waals surface area (Å²) in [6.07, 6.45) is 1.96. The molecule has 1 aromatic heterocycles. The molecule has 0 fully saturated rings. The fourth-order valence-electron chi connectivity index (χ4n) is 1.86. The normalized spacial score (nSPS) is 10.2. The van der Waals surface area contributed by atoms with Gasteiger partial charge in [0.25, 0.3) is 5.69 Å². The lowest BCUT2D eigenvalue weighted by Crippen LogP contribution is -2.18. The molecule has 0 aliphatic carbocycles. The van der Waals surface area contributed by atoms with Crippen LogP contribution in [-0.2, 0) is 6.54 Å². The Morgan fingerprint density at radius 2 is 2.05 bits per heavy atom. The minimum Gasteiger partial charge on any atom is -0.397 e. The highest BCUT2D eigenvalue weighted by molar-refractivity contribution is 5.82. The summed E-state index contributed by atoms with van der Waals surface area (Å²) in [6, 6.07) is 6.93. The van der Waals surface area contributed by atoms with Gasteiger partial charge in [-0.05, 0) is 25.6 Å². The standard InChI is InChI=1S/C12H15N3O2.C2H6O/c1-2-13-6-8-14-7-5-10-3-4-11(15(16)17)9-12(10)14;1-2-3/h3-5,7,9,13H,2,6,8H2,1H3;3H,2H2,1H3. The second-order valence-electron chi connectivity index (χ2n) is 4.18. The number of hydrogen-bond acceptors (Lipinski definition) is 4. The third-order valence-electron chi connectivity index (χ3n) is 2.75. The molecule has 0 unspecified atom stereocenters. The molecule has 0 aliphatic rings. The molecule has 2 rings (SSSR count). The molecular formula is C14H21N3O3. The maximum atomic E-state index is 10.7. The van der Waals surface area contributed by atoms with Gasteiger partial charge in [0.05, 0.1) is 10.4 Å². The van der Waals surface area contributed by atoms with Crippen LogP contribution >= 0.6 is 0 Å². The van der Waals surface area contributed by atoms with E-state index >= 15 is 0 Å². The Labute approximate surface area is 118 Å². The molecule has 6 heteroatoms. The number of nitro benzene ring substituents is 1. The molecular weight excluding hydrogens is 258 g/mol. The SMILES string of the molecule is CCNCCn1ccc2ccc([N+](=O)[O-])cc21.CCO. The summed E-state index contributed by atoms with van der Waals surface area (Å²) < 4.78 is 2.03. The van der Waals surface area contributed by atoms with Crippen molar-refractivity contribution in [3.63, 3.8) is 0 Å². The maximum absolute atomic E-state index is 10.7. The highest BCUT2D eigenvalue weighted by Crippen LogP contribution is 2.21. The van der Waals surface area contributed by atoms with E-state index in [4.69, 9.17) is 5.11 Å². The molecule has 0 radical (unpaired) electrons. The van der Waals surface area contributed by atoms with Crippen molar-refractivity contribution in [3.8, 4) is 0 Å². The van der Waals surface area contributed by atoms with Crippen LogP contribution in [0.2, 0.25) is 0 Å². The molecule has 2 aromatic rings. The van der Waals surface area contributed by atoms with Crippen LogP contribution in [0.15, 0.2) is 30.5 Å². The number of aromatic nitrogens is 1. The predicted molar refractivity (Wildman–Crippen MR) is 79.9 cm³/mol. The van der Waals surface area contributed by atoms with Crippen molar-refractivity contribution in [3.05, 3.63) is 40.6 Å². The smallest absolute Gasteiger partial charge is 0.271 e. The van der Waals surface area contributed by atoms with Crippen LogP contribution in [0.25, 0.3) is 10.9 Å². The fraction of sp³-hybridized carbons (Fsp3) is 0.429. The van der Waals surface area contributed by atoms with E-state index in [1.807, 2.05) is 16.8 Å². The highest BCUT2D eigenvalue weighted by atomic mass is 16.6. The van der Waals surface area contributed by atoms with Gasteiger partial charge < -0.3 is 15.0 Å². The molecule has 0 aliphatic heterocycles. The van der Waals surface area contributed by atoms with Crippen LogP contribution in [0.4, 0.5) is 5.69 Å². The third kappa shape index (κ3) is 4.32. The van der Waals surface area contributed by atoms with Gasteiger partial charge in [-0.15, -0.1) is 0 Å². The van der Waals surface area contributed by atoms with Crippen molar-refractivity contribution in [2.45, 2.75) is 20.4 Å². The van der Waals surface area contributed by atoms with Crippen molar-refractivity contribution < 1.29 is 10.0 Å². The summed E-state index contributed by atoms with van der Waals surface area (Å²) in [4.78, 5) is 10.4. The first-order valence-electron chi connectivity index (χ1n) is 6.68. The molecule has 0 atom stereocenters. The second kappa shape index (κ2) is 8.29. The minimum absolute atomic E-state index is 0.140. The molecule has 0 bridgehead atoms. The Kier molecular flexibility index (Phi) is 6.69. The average Bonchev–Trinajstić information content (AvgIpc) is 2.82. The zero-order valence-electron chi connectivity index (χ0n) is 11.9. The first-order valence-corrected chi connectivity index (χ1v) is 6.68. The van der Waals surface area contributed by atoms with Crippen molar-refractivity contribution in [1.29, 1.82) is 0 Å². The molecule has 20 heavy (non-hydrogen) atoms. The Hall–Kier alpha value is -1.92. The number of aliphatic hydroxyl groups is 1. The van der Waals surface area contributed by atoms with E-state index in [-0.39, 0.29) is 17.2 Å². The number of non-ortho nitro benzene ring substituents is 1. The number of nitrogens with one attached hydrogen (secondary N) is 1. The molecule has 0 saturated heterocycles. The summed E-state index contributed by atoms with van der Waals surface area (Å²) >= 11 is 0. The zero-order valence-corrected chi connectivity index (χ0v) is 11.9. The minimum atomic E-state index is -0.360. The van der Waals surface area contributed by atoms with Gasteiger partial charge in [-0.1, -0.05) is 6.92 Å². The highest BCUT2D eigenvalue weighted by Gasteiger charge is 2.08. The average molecular weight is 279 g/mol. The van der Waals surface area contributed by atoms with Crippen molar-refractivity contribution in [2.75, 3.05) is 19.7 Å². The molecule has 110 valence electrons. The summed E-state index contributed by atoms with van der Waals surface area (Å²) in [5, 5.41) is 22.6. The number of rotatable bonds is 5. The number of aliphatic hydroxyl groups excluding tert-OH is 1. The van der Waals surface area contributed by atoms with Crippen LogP contribution in [0.1, 0.15) is 13.8 Å². The van der Waals surface area contributed by atoms with Gasteiger partial charge in [0, 0.05) is 43.4 Å². The van der Waals surface area contributed by atoms with Crippen LogP contribution < -0.4 is 5.32 Å². The largest absolute Gasteiger partial charge is 0.397 e. The van der Waals surface area contributed by atoms with Crippen LogP contribution in [0.3, 0.4) is 0 Å². The number of hydrogen-bond donors (Lipinski definition) is 2. The molecule has 1 aromatic carbocycles. The van der Waals surface area contributed by atoms with Crippen molar-refractivity contribution in [2.24, 2.45) is 0 Å². The van der Waals surface area contributed by atoms with Gasteiger partial charge in [-0.2, -0.15) is 0 Å². The van der Waals surface area contributed by atoms with Gasteiger partial charge in [-0.3, -0.25) is 10.1 Å². The first-order chi connectivity index (χ1) is 9.63. The number of nitrogens with zero attached hydrogens (tertiary/aromatic N) is 2. The van der Waals surface area contributed by atoms with E-state index in [2.05, 4.69) is 12.2 Å². The number of benzene rings is 1. The maximum Gasteiger partial charge on any atom is 0.271 e. The summed E-state index contributed by atoms with van der Waals surface area (Å²) in [7, 11) is 0. The van der Waals surface area contributed by atoms with Gasteiger partial charge in [0.1, 0.15) is 0 Å². The van der Waals surface area contributed by atoms with Gasteiger partial charge >= 0.3 is 0 Å². The van der Waals surface area contributed by atoms with E-state index < -0.39 is 0 Å². The van der Waals surface area contributed by atoms with E-state index in [9.17, 15) is 10.1 Å². The summed E-state index contributed by atoms with van der Waals surface area (Å²) in [5.41, 5.74) is 1.05. The molecule has 0 amide bonds. The van der Waals surface area contributed by atoms with E-state index in [1.165, 1.54) is 6.07 Å². The van der Waals surface area contributed by atoms with E-state index in [1.54, 1.807) is 19.1 Å². The Balaban J connectivity index is 0.000000612. The summed E-state index contributed by atoms with van der Waals surface area (Å²) in [5.74, 6) is 0. The van der Waals surface area contributed by atoms with Crippen molar-refractivity contribution >= 4 is 16.6 Å². The van der Waals surface area contributed by atoms with Crippen LogP contribution in [0.5, 0.6) is 0 Å². The molecule has 6 nitrogen and oxygen atoms in total. The Morgan fingerprint density at radius 1 is 1.35 bits per heavy atom. The molecule has 0 saturated carbocycles. The zero-order chi connectivity index (χ0) is 15.0. The molecule has 1 heterocycles. The fourth-order valence-corrected chi connectivity index (χ4v) is 1.86.